The lowest BCUT2D eigenvalue weighted by atomic mass is 9.94. The van der Waals surface area contributed by atoms with Crippen molar-refractivity contribution >= 4 is 16.8 Å². The molecular formula is C24H33N3O2. The molecule has 3 aliphatic rings. The van der Waals surface area contributed by atoms with Gasteiger partial charge in [-0.05, 0) is 54.7 Å². The molecule has 156 valence electrons. The summed E-state index contributed by atoms with van der Waals surface area (Å²) in [5.74, 6) is 1.63. The fourth-order valence-corrected chi connectivity index (χ4v) is 5.08. The highest BCUT2D eigenvalue weighted by Gasteiger charge is 2.34. The Labute approximate surface area is 173 Å². The van der Waals surface area contributed by atoms with Crippen molar-refractivity contribution in [3.8, 4) is 0 Å². The average Bonchev–Trinajstić information content (AvgIpc) is 3.49. The Hall–Kier alpha value is -1.85. The summed E-state index contributed by atoms with van der Waals surface area (Å²) < 4.78 is 7.92. The molecule has 2 fully saturated rings. The van der Waals surface area contributed by atoms with Gasteiger partial charge in [0.1, 0.15) is 0 Å². The van der Waals surface area contributed by atoms with Crippen molar-refractivity contribution in [2.24, 2.45) is 11.8 Å². The van der Waals surface area contributed by atoms with E-state index in [4.69, 9.17) is 4.74 Å². The summed E-state index contributed by atoms with van der Waals surface area (Å²) in [4.78, 5) is 15.4. The zero-order valence-corrected chi connectivity index (χ0v) is 17.7. The molecule has 5 heteroatoms. The Morgan fingerprint density at radius 3 is 2.76 bits per heavy atom. The van der Waals surface area contributed by atoms with E-state index in [9.17, 15) is 4.79 Å². The summed E-state index contributed by atoms with van der Waals surface area (Å²) in [5.41, 5.74) is 4.05. The van der Waals surface area contributed by atoms with Crippen LogP contribution < -0.4 is 5.32 Å². The van der Waals surface area contributed by atoms with Gasteiger partial charge in [0.25, 0.3) is 0 Å². The highest BCUT2D eigenvalue weighted by atomic mass is 16.5. The van der Waals surface area contributed by atoms with E-state index in [-0.39, 0.29) is 18.0 Å². The second kappa shape index (κ2) is 7.77. The Kier molecular flexibility index (Phi) is 5.12. The predicted molar refractivity (Wildman–Crippen MR) is 115 cm³/mol. The van der Waals surface area contributed by atoms with Crippen LogP contribution >= 0.6 is 0 Å². The van der Waals surface area contributed by atoms with Gasteiger partial charge in [0, 0.05) is 42.8 Å². The first-order valence-corrected chi connectivity index (χ1v) is 11.3. The summed E-state index contributed by atoms with van der Waals surface area (Å²) >= 11 is 0. The SMILES string of the molecule is CC(C)CC1NC(C(=O)N2CCOCC2)Cc2cn(CC3CC3)c3cccc1c23. The summed E-state index contributed by atoms with van der Waals surface area (Å²) in [5, 5.41) is 5.16. The zero-order valence-electron chi connectivity index (χ0n) is 17.7. The van der Waals surface area contributed by atoms with Gasteiger partial charge in [-0.3, -0.25) is 10.1 Å². The number of nitrogens with one attached hydrogen (secondary N) is 1. The van der Waals surface area contributed by atoms with E-state index in [0.717, 1.165) is 25.3 Å². The van der Waals surface area contributed by atoms with Crippen LogP contribution in [0, 0.1) is 11.8 Å². The first-order valence-electron chi connectivity index (χ1n) is 11.3. The number of benzene rings is 1. The first-order chi connectivity index (χ1) is 14.1. The summed E-state index contributed by atoms with van der Waals surface area (Å²) in [6.45, 7) is 8.36. The van der Waals surface area contributed by atoms with Crippen molar-refractivity contribution in [3.05, 3.63) is 35.5 Å². The van der Waals surface area contributed by atoms with Gasteiger partial charge in [-0.1, -0.05) is 26.0 Å². The number of carbonyl (C=O) groups is 1. The van der Waals surface area contributed by atoms with Crippen molar-refractivity contribution < 1.29 is 9.53 Å². The third-order valence-corrected chi connectivity index (χ3v) is 6.70. The lowest BCUT2D eigenvalue weighted by molar-refractivity contribution is -0.137. The van der Waals surface area contributed by atoms with Crippen LogP contribution in [0.5, 0.6) is 0 Å². The van der Waals surface area contributed by atoms with Crippen molar-refractivity contribution in [1.29, 1.82) is 0 Å². The van der Waals surface area contributed by atoms with E-state index < -0.39 is 0 Å². The highest BCUT2D eigenvalue weighted by molar-refractivity contribution is 5.90. The zero-order chi connectivity index (χ0) is 20.0. The molecule has 5 rings (SSSR count). The van der Waals surface area contributed by atoms with E-state index >= 15 is 0 Å². The van der Waals surface area contributed by atoms with E-state index in [1.165, 1.54) is 34.9 Å². The standard InChI is InChI=1S/C24H33N3O2/c1-16(2)12-20-19-4-3-5-22-23(19)18(15-27(22)14-17-6-7-17)13-21(25-20)24(28)26-8-10-29-11-9-26/h3-5,15-17,20-21,25H,6-14H2,1-2H3. The Balaban J connectivity index is 1.53. The second-order valence-corrected chi connectivity index (χ2v) is 9.53. The largest absolute Gasteiger partial charge is 0.378 e. The maximum absolute atomic E-state index is 13.4. The van der Waals surface area contributed by atoms with Gasteiger partial charge < -0.3 is 14.2 Å². The number of ether oxygens (including phenoxy) is 1. The third-order valence-electron chi connectivity index (χ3n) is 6.70. The fraction of sp³-hybridized carbons (Fsp3) is 0.625. The average molecular weight is 396 g/mol. The molecule has 2 aromatic rings. The Morgan fingerprint density at radius 2 is 2.03 bits per heavy atom. The van der Waals surface area contributed by atoms with Crippen molar-refractivity contribution in [1.82, 2.24) is 14.8 Å². The minimum Gasteiger partial charge on any atom is -0.378 e. The van der Waals surface area contributed by atoms with Gasteiger partial charge >= 0.3 is 0 Å². The van der Waals surface area contributed by atoms with E-state index in [1.54, 1.807) is 0 Å². The molecule has 0 spiro atoms. The smallest absolute Gasteiger partial charge is 0.240 e. The number of rotatable bonds is 5. The molecule has 2 atom stereocenters. The van der Waals surface area contributed by atoms with Crippen molar-refractivity contribution in [3.63, 3.8) is 0 Å². The molecule has 0 radical (unpaired) electrons. The molecule has 1 amide bonds. The molecule has 1 aromatic carbocycles. The minimum absolute atomic E-state index is 0.163. The van der Waals surface area contributed by atoms with Gasteiger partial charge in [0.15, 0.2) is 0 Å². The van der Waals surface area contributed by atoms with E-state index in [1.807, 2.05) is 4.90 Å². The van der Waals surface area contributed by atoms with Crippen LogP contribution in [0.2, 0.25) is 0 Å². The van der Waals surface area contributed by atoms with Crippen LogP contribution in [0.3, 0.4) is 0 Å². The molecule has 29 heavy (non-hydrogen) atoms. The molecule has 2 unspecified atom stereocenters. The normalized spacial score (nSPS) is 24.9. The molecule has 1 aromatic heterocycles. The monoisotopic (exact) mass is 395 g/mol. The van der Waals surface area contributed by atoms with E-state index in [2.05, 4.69) is 48.1 Å². The molecule has 1 aliphatic carbocycles. The topological polar surface area (TPSA) is 46.5 Å². The lowest BCUT2D eigenvalue weighted by Crippen LogP contribution is -2.51. The first kappa shape index (κ1) is 19.1. The fourth-order valence-electron chi connectivity index (χ4n) is 5.08. The van der Waals surface area contributed by atoms with Crippen LogP contribution in [0.1, 0.15) is 50.3 Å². The van der Waals surface area contributed by atoms with E-state index in [0.29, 0.717) is 32.2 Å². The molecular weight excluding hydrogens is 362 g/mol. The number of aromatic nitrogens is 1. The van der Waals surface area contributed by atoms with Crippen LogP contribution in [0.15, 0.2) is 24.4 Å². The third kappa shape index (κ3) is 3.82. The number of hydrogen-bond acceptors (Lipinski definition) is 3. The molecule has 1 saturated carbocycles. The van der Waals surface area contributed by atoms with Gasteiger partial charge in [-0.25, -0.2) is 0 Å². The molecule has 1 saturated heterocycles. The highest BCUT2D eigenvalue weighted by Crippen LogP contribution is 2.38. The second-order valence-electron chi connectivity index (χ2n) is 9.53. The summed E-state index contributed by atoms with van der Waals surface area (Å²) in [6, 6.07) is 6.79. The number of morpholine rings is 1. The van der Waals surface area contributed by atoms with Crippen molar-refractivity contribution in [2.75, 3.05) is 26.3 Å². The van der Waals surface area contributed by atoms with Crippen LogP contribution in [0.25, 0.3) is 10.9 Å². The van der Waals surface area contributed by atoms with Gasteiger partial charge in [0.2, 0.25) is 5.91 Å². The predicted octanol–water partition coefficient (Wildman–Crippen LogP) is 3.51. The number of hydrogen-bond donors (Lipinski definition) is 1. The maximum atomic E-state index is 13.4. The summed E-state index contributed by atoms with van der Waals surface area (Å²) in [6.07, 6.45) is 6.86. The number of nitrogens with zero attached hydrogens (tertiary/aromatic N) is 2. The van der Waals surface area contributed by atoms with Crippen molar-refractivity contribution in [2.45, 2.75) is 58.2 Å². The Morgan fingerprint density at radius 1 is 1.24 bits per heavy atom. The maximum Gasteiger partial charge on any atom is 0.240 e. The molecule has 0 bridgehead atoms. The Bertz CT molecular complexity index is 893. The molecule has 5 nitrogen and oxygen atoms in total. The molecule has 3 heterocycles. The van der Waals surface area contributed by atoms with Crippen LogP contribution in [-0.4, -0.2) is 47.7 Å². The summed E-state index contributed by atoms with van der Waals surface area (Å²) in [7, 11) is 0. The van der Waals surface area contributed by atoms with Gasteiger partial charge in [-0.15, -0.1) is 0 Å². The number of amides is 1. The number of carbonyl (C=O) groups excluding carboxylic acids is 1. The quantitative estimate of drug-likeness (QED) is 0.843. The van der Waals surface area contributed by atoms with Crippen LogP contribution in [-0.2, 0) is 22.5 Å². The van der Waals surface area contributed by atoms with Gasteiger partial charge in [0.05, 0.1) is 19.3 Å². The minimum atomic E-state index is -0.163. The van der Waals surface area contributed by atoms with Crippen LogP contribution in [0.4, 0.5) is 0 Å². The molecule has 1 N–H and O–H groups in total. The van der Waals surface area contributed by atoms with Gasteiger partial charge in [-0.2, -0.15) is 0 Å². The lowest BCUT2D eigenvalue weighted by Gasteiger charge is -2.32. The molecule has 2 aliphatic heterocycles.